The molecule has 5 nitrogen and oxygen atoms in total. The first-order chi connectivity index (χ1) is 11.1. The van der Waals surface area contributed by atoms with Crippen LogP contribution in [0.2, 0.25) is 0 Å². The molecule has 0 aliphatic carbocycles. The number of rotatable bonds is 6. The highest BCUT2D eigenvalue weighted by Crippen LogP contribution is 2.18. The van der Waals surface area contributed by atoms with Crippen LogP contribution in [-0.2, 0) is 5.41 Å². The highest BCUT2D eigenvalue weighted by Gasteiger charge is 2.18. The summed E-state index contributed by atoms with van der Waals surface area (Å²) in [6.45, 7) is 12.6. The van der Waals surface area contributed by atoms with E-state index in [-0.39, 0.29) is 17.0 Å². The van der Waals surface area contributed by atoms with Crippen molar-refractivity contribution in [2.45, 2.75) is 59.8 Å². The number of nitrogens with one attached hydrogen (secondary N) is 2. The van der Waals surface area contributed by atoms with Crippen LogP contribution in [0.15, 0.2) is 34.2 Å². The second-order valence-corrected chi connectivity index (χ2v) is 7.32. The largest absolute Gasteiger partial charge is 0.347 e. The Bertz CT molecular complexity index is 687. The Morgan fingerprint density at radius 3 is 2.50 bits per heavy atom. The number of allylic oxidation sites excluding steroid dienone is 3. The van der Waals surface area contributed by atoms with Gasteiger partial charge in [-0.3, -0.25) is 4.79 Å². The SMILES string of the molecule is CC(C)=CCCC(C)=CCNC(=O)c1cc(C(C)(C)C)[nH]c(=O)n1. The number of aromatic amines is 1. The van der Waals surface area contributed by atoms with Gasteiger partial charge in [0, 0.05) is 17.7 Å². The maximum Gasteiger partial charge on any atom is 0.345 e. The molecular weight excluding hydrogens is 302 g/mol. The first-order valence-corrected chi connectivity index (χ1v) is 8.28. The fourth-order valence-electron chi connectivity index (χ4n) is 2.08. The second kappa shape index (κ2) is 8.62. The molecule has 1 amide bonds. The van der Waals surface area contributed by atoms with Gasteiger partial charge in [-0.1, -0.05) is 44.1 Å². The molecule has 0 unspecified atom stereocenters. The van der Waals surface area contributed by atoms with Gasteiger partial charge in [0.2, 0.25) is 0 Å². The first-order valence-electron chi connectivity index (χ1n) is 8.28. The summed E-state index contributed by atoms with van der Waals surface area (Å²) in [6.07, 6.45) is 6.17. The minimum atomic E-state index is -0.499. The van der Waals surface area contributed by atoms with Gasteiger partial charge in [0.25, 0.3) is 5.91 Å². The van der Waals surface area contributed by atoms with Gasteiger partial charge in [-0.25, -0.2) is 4.79 Å². The molecule has 5 heteroatoms. The second-order valence-electron chi connectivity index (χ2n) is 7.32. The Morgan fingerprint density at radius 1 is 1.25 bits per heavy atom. The average molecular weight is 331 g/mol. The maximum atomic E-state index is 12.2. The van der Waals surface area contributed by atoms with Crippen LogP contribution in [0, 0.1) is 0 Å². The lowest BCUT2D eigenvalue weighted by atomic mass is 9.91. The van der Waals surface area contributed by atoms with E-state index in [9.17, 15) is 9.59 Å². The van der Waals surface area contributed by atoms with E-state index in [1.165, 1.54) is 11.1 Å². The summed E-state index contributed by atoms with van der Waals surface area (Å²) in [5.41, 5.74) is 2.63. The first kappa shape index (κ1) is 19.9. The predicted octanol–water partition coefficient (Wildman–Crippen LogP) is 3.49. The molecule has 132 valence electrons. The average Bonchev–Trinajstić information content (AvgIpc) is 2.45. The number of carbonyl (C=O) groups is 1. The smallest absolute Gasteiger partial charge is 0.345 e. The standard InChI is InChI=1S/C19H29N3O2/c1-13(2)8-7-9-14(3)10-11-20-17(23)15-12-16(19(4,5)6)22-18(24)21-15/h8,10,12H,7,9,11H2,1-6H3,(H,20,23)(H,21,22,24). The molecule has 0 saturated heterocycles. The number of amides is 1. The van der Waals surface area contributed by atoms with E-state index in [0.717, 1.165) is 12.8 Å². The fourth-order valence-corrected chi connectivity index (χ4v) is 2.08. The number of carbonyl (C=O) groups excluding carboxylic acids is 1. The molecule has 0 aliphatic heterocycles. The number of aromatic nitrogens is 2. The van der Waals surface area contributed by atoms with Crippen molar-refractivity contribution in [3.8, 4) is 0 Å². The van der Waals surface area contributed by atoms with E-state index in [4.69, 9.17) is 0 Å². The molecular formula is C19H29N3O2. The summed E-state index contributed by atoms with van der Waals surface area (Å²) in [5.74, 6) is -0.333. The van der Waals surface area contributed by atoms with Crippen molar-refractivity contribution in [3.05, 3.63) is 51.2 Å². The molecule has 0 atom stereocenters. The Balaban J connectivity index is 2.68. The lowest BCUT2D eigenvalue weighted by Crippen LogP contribution is -2.30. The molecule has 1 aromatic heterocycles. The Morgan fingerprint density at radius 2 is 1.92 bits per heavy atom. The number of H-pyrrole nitrogens is 1. The summed E-state index contributed by atoms with van der Waals surface area (Å²) in [7, 11) is 0. The van der Waals surface area contributed by atoms with Crippen molar-refractivity contribution in [2.24, 2.45) is 0 Å². The predicted molar refractivity (Wildman–Crippen MR) is 98.3 cm³/mol. The molecule has 0 aromatic carbocycles. The van der Waals surface area contributed by atoms with Crippen LogP contribution in [0.5, 0.6) is 0 Å². The van der Waals surface area contributed by atoms with E-state index < -0.39 is 5.69 Å². The summed E-state index contributed by atoms with van der Waals surface area (Å²) in [4.78, 5) is 30.3. The summed E-state index contributed by atoms with van der Waals surface area (Å²) in [5, 5.41) is 2.79. The number of hydrogen-bond donors (Lipinski definition) is 2. The van der Waals surface area contributed by atoms with Crippen LogP contribution in [0.3, 0.4) is 0 Å². The van der Waals surface area contributed by atoms with Gasteiger partial charge >= 0.3 is 5.69 Å². The zero-order chi connectivity index (χ0) is 18.3. The quantitative estimate of drug-likeness (QED) is 0.784. The molecule has 24 heavy (non-hydrogen) atoms. The lowest BCUT2D eigenvalue weighted by molar-refractivity contribution is 0.0952. The fraction of sp³-hybridized carbons (Fsp3) is 0.526. The van der Waals surface area contributed by atoms with E-state index >= 15 is 0 Å². The Labute approximate surface area is 144 Å². The summed E-state index contributed by atoms with van der Waals surface area (Å²) >= 11 is 0. The van der Waals surface area contributed by atoms with Crippen LogP contribution in [0.25, 0.3) is 0 Å². The highest BCUT2D eigenvalue weighted by molar-refractivity contribution is 5.92. The van der Waals surface area contributed by atoms with Crippen LogP contribution < -0.4 is 11.0 Å². The third kappa shape index (κ3) is 6.94. The third-order valence-corrected chi connectivity index (χ3v) is 3.59. The van der Waals surface area contributed by atoms with Gasteiger partial charge in [-0.05, 0) is 39.7 Å². The highest BCUT2D eigenvalue weighted by atomic mass is 16.2. The van der Waals surface area contributed by atoms with Gasteiger partial charge in [0.15, 0.2) is 0 Å². The van der Waals surface area contributed by atoms with Gasteiger partial charge in [-0.2, -0.15) is 4.98 Å². The summed E-state index contributed by atoms with van der Waals surface area (Å²) in [6, 6.07) is 1.64. The topological polar surface area (TPSA) is 74.8 Å². The third-order valence-electron chi connectivity index (χ3n) is 3.59. The van der Waals surface area contributed by atoms with E-state index in [1.807, 2.05) is 33.8 Å². The Hall–Kier alpha value is -2.17. The molecule has 2 N–H and O–H groups in total. The van der Waals surface area contributed by atoms with E-state index in [2.05, 4.69) is 35.2 Å². The van der Waals surface area contributed by atoms with Gasteiger partial charge in [0.1, 0.15) is 5.69 Å². The van der Waals surface area contributed by atoms with Gasteiger partial charge in [0.05, 0.1) is 0 Å². The van der Waals surface area contributed by atoms with Crippen LogP contribution in [-0.4, -0.2) is 22.4 Å². The lowest BCUT2D eigenvalue weighted by Gasteiger charge is -2.18. The zero-order valence-electron chi connectivity index (χ0n) is 15.6. The Kier molecular flexibility index (Phi) is 7.14. The van der Waals surface area contributed by atoms with Crippen molar-refractivity contribution in [1.82, 2.24) is 15.3 Å². The molecule has 0 bridgehead atoms. The minimum absolute atomic E-state index is 0.152. The molecule has 0 saturated carbocycles. The number of hydrogen-bond acceptors (Lipinski definition) is 3. The molecule has 0 radical (unpaired) electrons. The van der Waals surface area contributed by atoms with Crippen LogP contribution in [0.1, 0.15) is 70.6 Å². The molecule has 0 fully saturated rings. The van der Waals surface area contributed by atoms with Crippen molar-refractivity contribution in [1.29, 1.82) is 0 Å². The molecule has 1 aromatic rings. The van der Waals surface area contributed by atoms with Gasteiger partial charge in [-0.15, -0.1) is 0 Å². The molecule has 1 rings (SSSR count). The van der Waals surface area contributed by atoms with E-state index in [0.29, 0.717) is 12.2 Å². The van der Waals surface area contributed by atoms with Crippen molar-refractivity contribution in [3.63, 3.8) is 0 Å². The number of nitrogens with zero attached hydrogens (tertiary/aromatic N) is 1. The van der Waals surface area contributed by atoms with Crippen LogP contribution >= 0.6 is 0 Å². The zero-order valence-corrected chi connectivity index (χ0v) is 15.6. The van der Waals surface area contributed by atoms with Crippen molar-refractivity contribution in [2.75, 3.05) is 6.54 Å². The minimum Gasteiger partial charge on any atom is -0.347 e. The summed E-state index contributed by atoms with van der Waals surface area (Å²) < 4.78 is 0. The van der Waals surface area contributed by atoms with Crippen molar-refractivity contribution < 1.29 is 4.79 Å². The maximum absolute atomic E-state index is 12.2. The normalized spacial score (nSPS) is 12.0. The van der Waals surface area contributed by atoms with Gasteiger partial charge < -0.3 is 10.3 Å². The molecule has 0 spiro atoms. The monoisotopic (exact) mass is 331 g/mol. The van der Waals surface area contributed by atoms with Crippen LogP contribution in [0.4, 0.5) is 0 Å². The molecule has 0 aliphatic rings. The van der Waals surface area contributed by atoms with Crippen molar-refractivity contribution >= 4 is 5.91 Å². The molecule has 1 heterocycles. The van der Waals surface area contributed by atoms with E-state index in [1.54, 1.807) is 6.07 Å².